The lowest BCUT2D eigenvalue weighted by molar-refractivity contribution is 0.0995. The van der Waals surface area contributed by atoms with Crippen LogP contribution in [-0.2, 0) is 12.0 Å². The average Bonchev–Trinajstić information content (AvgIpc) is 3.19. The first-order valence-electron chi connectivity index (χ1n) is 10.9. The SMILES string of the molecule is CC(C)(C)c1cc(C2c3c(C(N)=O)c(-c4ccc(F)c(Cl)c4)nn3CCN2C(N)=O)ccc1C#N. The Morgan fingerprint density at radius 3 is 2.46 bits per heavy atom. The van der Waals surface area contributed by atoms with Gasteiger partial charge in [-0.2, -0.15) is 10.4 Å². The van der Waals surface area contributed by atoms with Crippen molar-refractivity contribution >= 4 is 23.5 Å². The van der Waals surface area contributed by atoms with Crippen molar-refractivity contribution in [1.82, 2.24) is 14.7 Å². The molecule has 2 heterocycles. The number of rotatable bonds is 3. The molecule has 0 fully saturated rings. The fraction of sp³-hybridized carbons (Fsp3) is 0.280. The highest BCUT2D eigenvalue weighted by atomic mass is 35.5. The normalized spacial score (nSPS) is 15.4. The van der Waals surface area contributed by atoms with Crippen molar-refractivity contribution in [1.29, 1.82) is 5.26 Å². The van der Waals surface area contributed by atoms with Gasteiger partial charge in [-0.05, 0) is 40.8 Å². The van der Waals surface area contributed by atoms with Gasteiger partial charge in [0, 0.05) is 12.1 Å². The Hall–Kier alpha value is -3.90. The van der Waals surface area contributed by atoms with E-state index in [0.717, 1.165) is 5.56 Å². The lowest BCUT2D eigenvalue weighted by atomic mass is 9.81. The Labute approximate surface area is 206 Å². The van der Waals surface area contributed by atoms with E-state index in [1.54, 1.807) is 16.8 Å². The first-order chi connectivity index (χ1) is 16.4. The molecule has 3 aromatic rings. The molecule has 0 radical (unpaired) electrons. The highest BCUT2D eigenvalue weighted by molar-refractivity contribution is 6.31. The number of hydrogen-bond donors (Lipinski definition) is 2. The van der Waals surface area contributed by atoms with Gasteiger partial charge in [0.15, 0.2) is 0 Å². The summed E-state index contributed by atoms with van der Waals surface area (Å²) in [5.74, 6) is -1.37. The second-order valence-corrected chi connectivity index (χ2v) is 9.83. The van der Waals surface area contributed by atoms with Crippen LogP contribution in [0.1, 0.15) is 59.6 Å². The van der Waals surface area contributed by atoms with Crippen molar-refractivity contribution in [3.63, 3.8) is 0 Å². The van der Waals surface area contributed by atoms with Crippen molar-refractivity contribution in [2.24, 2.45) is 11.5 Å². The fourth-order valence-electron chi connectivity index (χ4n) is 4.52. The van der Waals surface area contributed by atoms with E-state index in [1.807, 2.05) is 26.8 Å². The van der Waals surface area contributed by atoms with E-state index in [2.05, 4.69) is 11.2 Å². The van der Waals surface area contributed by atoms with E-state index < -0.39 is 23.8 Å². The van der Waals surface area contributed by atoms with Gasteiger partial charge in [0.25, 0.3) is 5.91 Å². The number of nitrogens with zero attached hydrogens (tertiary/aromatic N) is 4. The Balaban J connectivity index is 2.01. The van der Waals surface area contributed by atoms with E-state index in [0.29, 0.717) is 22.4 Å². The third kappa shape index (κ3) is 4.21. The van der Waals surface area contributed by atoms with Crippen LogP contribution in [0, 0.1) is 17.1 Å². The molecule has 1 unspecified atom stereocenters. The molecular weight excluding hydrogens is 471 g/mol. The van der Waals surface area contributed by atoms with Crippen LogP contribution in [0.3, 0.4) is 0 Å². The molecule has 4 rings (SSSR count). The number of fused-ring (bicyclic) bond motifs is 1. The molecule has 35 heavy (non-hydrogen) atoms. The number of nitriles is 1. The number of carbonyl (C=O) groups is 2. The van der Waals surface area contributed by atoms with Crippen molar-refractivity contribution < 1.29 is 14.0 Å². The van der Waals surface area contributed by atoms with Gasteiger partial charge in [0.2, 0.25) is 0 Å². The van der Waals surface area contributed by atoms with Crippen LogP contribution in [0.4, 0.5) is 9.18 Å². The summed E-state index contributed by atoms with van der Waals surface area (Å²) in [4.78, 5) is 26.7. The number of nitrogens with two attached hydrogens (primary N) is 2. The van der Waals surface area contributed by atoms with Crippen molar-refractivity contribution in [3.8, 4) is 17.3 Å². The minimum atomic E-state index is -0.783. The van der Waals surface area contributed by atoms with E-state index in [9.17, 15) is 19.2 Å². The molecule has 3 amide bonds. The summed E-state index contributed by atoms with van der Waals surface area (Å²) in [6.45, 7) is 6.45. The Bertz CT molecular complexity index is 1400. The number of halogens is 2. The molecule has 10 heteroatoms. The zero-order valence-electron chi connectivity index (χ0n) is 19.5. The van der Waals surface area contributed by atoms with Crippen LogP contribution in [0.15, 0.2) is 36.4 Å². The largest absolute Gasteiger partial charge is 0.365 e. The summed E-state index contributed by atoms with van der Waals surface area (Å²) in [5.41, 5.74) is 14.3. The van der Waals surface area contributed by atoms with Crippen LogP contribution < -0.4 is 11.5 Å². The van der Waals surface area contributed by atoms with Crippen LogP contribution in [0.2, 0.25) is 5.02 Å². The molecule has 1 aliphatic rings. The molecule has 1 aromatic heterocycles. The minimum Gasteiger partial charge on any atom is -0.365 e. The molecule has 2 aromatic carbocycles. The topological polar surface area (TPSA) is 131 Å². The smallest absolute Gasteiger partial charge is 0.315 e. The molecule has 0 saturated heterocycles. The second kappa shape index (κ2) is 8.71. The highest BCUT2D eigenvalue weighted by Gasteiger charge is 2.38. The molecule has 1 atom stereocenters. The molecule has 0 saturated carbocycles. The minimum absolute atomic E-state index is 0.0882. The van der Waals surface area contributed by atoms with Gasteiger partial charge in [-0.15, -0.1) is 0 Å². The summed E-state index contributed by atoms with van der Waals surface area (Å²) < 4.78 is 15.4. The highest BCUT2D eigenvalue weighted by Crippen LogP contribution is 2.40. The monoisotopic (exact) mass is 494 g/mol. The first-order valence-corrected chi connectivity index (χ1v) is 11.3. The molecule has 0 bridgehead atoms. The van der Waals surface area contributed by atoms with Crippen molar-refractivity contribution in [2.45, 2.75) is 38.8 Å². The summed E-state index contributed by atoms with van der Waals surface area (Å²) >= 11 is 5.98. The first kappa shape index (κ1) is 24.2. The number of hydrogen-bond acceptors (Lipinski definition) is 4. The van der Waals surface area contributed by atoms with Crippen LogP contribution in [0.5, 0.6) is 0 Å². The van der Waals surface area contributed by atoms with Gasteiger partial charge in [-0.3, -0.25) is 9.48 Å². The maximum atomic E-state index is 13.8. The molecule has 8 nitrogen and oxygen atoms in total. The molecule has 180 valence electrons. The fourth-order valence-corrected chi connectivity index (χ4v) is 4.70. The number of carbonyl (C=O) groups excluding carboxylic acids is 2. The van der Waals surface area contributed by atoms with Gasteiger partial charge in [-0.1, -0.05) is 44.5 Å². The quantitative estimate of drug-likeness (QED) is 0.567. The lowest BCUT2D eigenvalue weighted by Gasteiger charge is -2.36. The van der Waals surface area contributed by atoms with E-state index in [-0.39, 0.29) is 34.8 Å². The van der Waals surface area contributed by atoms with E-state index in [4.69, 9.17) is 23.1 Å². The third-order valence-corrected chi connectivity index (χ3v) is 6.42. The van der Waals surface area contributed by atoms with Gasteiger partial charge < -0.3 is 16.4 Å². The maximum Gasteiger partial charge on any atom is 0.315 e. The predicted octanol–water partition coefficient (Wildman–Crippen LogP) is 4.09. The zero-order valence-corrected chi connectivity index (χ0v) is 20.2. The van der Waals surface area contributed by atoms with Gasteiger partial charge in [0.1, 0.15) is 17.6 Å². The van der Waals surface area contributed by atoms with Crippen LogP contribution >= 0.6 is 11.6 Å². The number of benzene rings is 2. The summed E-state index contributed by atoms with van der Waals surface area (Å²) in [6, 6.07) is 10.0. The molecule has 0 aliphatic carbocycles. The standard InChI is InChI=1S/C25H24ClFN6O2/c1-25(2,3)16-10-14(4-5-15(16)12-28)21-22-19(23(29)34)20(13-6-7-18(27)17(26)11-13)31-33(22)9-8-32(21)24(30)35/h4-7,10-11,21H,8-9H2,1-3H3,(H2,29,34)(H2,30,35). The van der Waals surface area contributed by atoms with E-state index >= 15 is 0 Å². The lowest BCUT2D eigenvalue weighted by Crippen LogP contribution is -2.46. The van der Waals surface area contributed by atoms with Gasteiger partial charge in [-0.25, -0.2) is 9.18 Å². The average molecular weight is 495 g/mol. The summed E-state index contributed by atoms with van der Waals surface area (Å²) in [5, 5.41) is 14.1. The Kier molecular flexibility index (Phi) is 6.03. The Morgan fingerprint density at radius 2 is 1.89 bits per heavy atom. The molecule has 1 aliphatic heterocycles. The predicted molar refractivity (Wildman–Crippen MR) is 129 cm³/mol. The van der Waals surface area contributed by atoms with Crippen LogP contribution in [0.25, 0.3) is 11.3 Å². The van der Waals surface area contributed by atoms with Crippen molar-refractivity contribution in [3.05, 3.63) is 75.2 Å². The van der Waals surface area contributed by atoms with Gasteiger partial charge in [0.05, 0.1) is 34.5 Å². The van der Waals surface area contributed by atoms with Crippen molar-refractivity contribution in [2.75, 3.05) is 6.54 Å². The maximum absolute atomic E-state index is 13.8. The number of amides is 3. The number of urea groups is 1. The summed E-state index contributed by atoms with van der Waals surface area (Å²) in [7, 11) is 0. The second-order valence-electron chi connectivity index (χ2n) is 9.43. The van der Waals surface area contributed by atoms with E-state index in [1.165, 1.54) is 23.1 Å². The molecule has 0 spiro atoms. The van der Waals surface area contributed by atoms with Gasteiger partial charge >= 0.3 is 6.03 Å². The number of primary amides is 2. The zero-order chi connectivity index (χ0) is 25.7. The molecular formula is C25H24ClFN6O2. The third-order valence-electron chi connectivity index (χ3n) is 6.13. The summed E-state index contributed by atoms with van der Waals surface area (Å²) in [6.07, 6.45) is 0. The Morgan fingerprint density at radius 1 is 1.17 bits per heavy atom. The number of aromatic nitrogens is 2. The van der Waals surface area contributed by atoms with Crippen LogP contribution in [-0.4, -0.2) is 33.2 Å². The molecule has 4 N–H and O–H groups in total.